The fraction of sp³-hybridized carbons (Fsp3) is 0.435. The zero-order chi connectivity index (χ0) is 21.5. The third kappa shape index (κ3) is 6.09. The summed E-state index contributed by atoms with van der Waals surface area (Å²) in [5.41, 5.74) is 4.27. The number of guanidine groups is 1. The molecule has 3 rings (SSSR count). The van der Waals surface area contributed by atoms with E-state index in [1.807, 2.05) is 37.2 Å². The zero-order valence-electron chi connectivity index (χ0n) is 19.0. The Morgan fingerprint density at radius 2 is 1.87 bits per heavy atom. The normalized spacial score (nSPS) is 11.3. The van der Waals surface area contributed by atoms with Crippen molar-refractivity contribution in [1.29, 1.82) is 0 Å². The lowest BCUT2D eigenvalue weighted by atomic mass is 10.1. The van der Waals surface area contributed by atoms with Crippen LogP contribution in [0.15, 0.2) is 39.8 Å². The number of para-hydroxylation sites is 1. The second kappa shape index (κ2) is 11.9. The first kappa shape index (κ1) is 24.9. The van der Waals surface area contributed by atoms with Crippen molar-refractivity contribution >= 4 is 46.7 Å². The van der Waals surface area contributed by atoms with Gasteiger partial charge >= 0.3 is 0 Å². The number of pyridine rings is 1. The molecule has 0 saturated carbocycles. The number of halogens is 1. The minimum atomic E-state index is 0. The summed E-state index contributed by atoms with van der Waals surface area (Å²) in [6, 6.07) is 10.3. The Bertz CT molecular complexity index is 993. The van der Waals surface area contributed by atoms with Crippen LogP contribution in [-0.4, -0.2) is 36.7 Å². The Hall–Kier alpha value is -2.36. The molecule has 31 heavy (non-hydrogen) atoms. The Morgan fingerprint density at radius 3 is 2.55 bits per heavy atom. The number of hydrogen-bond acceptors (Lipinski definition) is 5. The van der Waals surface area contributed by atoms with E-state index in [1.54, 1.807) is 0 Å². The van der Waals surface area contributed by atoms with Gasteiger partial charge in [-0.1, -0.05) is 37.2 Å². The molecule has 168 valence electrons. The van der Waals surface area contributed by atoms with Gasteiger partial charge in [-0.2, -0.15) is 0 Å². The molecule has 0 unspecified atom stereocenters. The number of aromatic nitrogens is 2. The smallest absolute Gasteiger partial charge is 0.191 e. The van der Waals surface area contributed by atoms with Gasteiger partial charge in [0.05, 0.1) is 17.8 Å². The minimum Gasteiger partial charge on any atom is -0.363 e. The fourth-order valence-corrected chi connectivity index (χ4v) is 3.41. The van der Waals surface area contributed by atoms with Crippen LogP contribution in [0.3, 0.4) is 0 Å². The first-order valence-corrected chi connectivity index (χ1v) is 10.6. The van der Waals surface area contributed by atoms with Gasteiger partial charge in [-0.25, -0.2) is 9.98 Å². The summed E-state index contributed by atoms with van der Waals surface area (Å²) < 4.78 is 5.48. The van der Waals surface area contributed by atoms with E-state index in [-0.39, 0.29) is 24.0 Å². The van der Waals surface area contributed by atoms with Gasteiger partial charge in [0, 0.05) is 44.6 Å². The predicted molar refractivity (Wildman–Crippen MR) is 138 cm³/mol. The molecule has 8 heteroatoms. The maximum Gasteiger partial charge on any atom is 0.191 e. The standard InChI is InChI=1S/C23H32N6O.HI/c1-6-19-18(21(7-2)30-28-19)15-26-23(24-8-3)25-14-16-13-22(29(4)5)27-20-12-10-9-11-17(16)20;/h9-13H,6-8,14-15H2,1-5H3,(H2,24,25,26);1H. The summed E-state index contributed by atoms with van der Waals surface area (Å²) in [5, 5.41) is 12.1. The summed E-state index contributed by atoms with van der Waals surface area (Å²) >= 11 is 0. The van der Waals surface area contributed by atoms with E-state index in [0.29, 0.717) is 13.1 Å². The highest BCUT2D eigenvalue weighted by Gasteiger charge is 2.14. The molecule has 0 saturated heterocycles. The van der Waals surface area contributed by atoms with E-state index >= 15 is 0 Å². The molecule has 0 amide bonds. The average molecular weight is 536 g/mol. The van der Waals surface area contributed by atoms with Crippen molar-refractivity contribution in [2.45, 2.75) is 46.7 Å². The summed E-state index contributed by atoms with van der Waals surface area (Å²) in [6.07, 6.45) is 1.68. The summed E-state index contributed by atoms with van der Waals surface area (Å²) in [5.74, 6) is 2.64. The molecule has 2 aromatic heterocycles. The van der Waals surface area contributed by atoms with Crippen LogP contribution in [0.25, 0.3) is 10.9 Å². The average Bonchev–Trinajstić information content (AvgIpc) is 3.17. The van der Waals surface area contributed by atoms with Crippen LogP contribution < -0.4 is 15.5 Å². The third-order valence-corrected chi connectivity index (χ3v) is 5.04. The van der Waals surface area contributed by atoms with Crippen LogP contribution in [0.1, 0.15) is 43.4 Å². The van der Waals surface area contributed by atoms with E-state index in [0.717, 1.165) is 64.6 Å². The molecule has 7 nitrogen and oxygen atoms in total. The number of rotatable bonds is 8. The first-order valence-electron chi connectivity index (χ1n) is 10.6. The quantitative estimate of drug-likeness (QED) is 0.254. The third-order valence-electron chi connectivity index (χ3n) is 5.04. The highest BCUT2D eigenvalue weighted by Crippen LogP contribution is 2.23. The largest absolute Gasteiger partial charge is 0.363 e. The molecule has 0 radical (unpaired) electrons. The van der Waals surface area contributed by atoms with Gasteiger partial charge in [0.15, 0.2) is 5.96 Å². The van der Waals surface area contributed by atoms with Gasteiger partial charge in [0.1, 0.15) is 11.6 Å². The van der Waals surface area contributed by atoms with Gasteiger partial charge in [-0.15, -0.1) is 24.0 Å². The topological polar surface area (TPSA) is 78.6 Å². The van der Waals surface area contributed by atoms with E-state index in [9.17, 15) is 0 Å². The maximum atomic E-state index is 5.48. The number of aryl methyl sites for hydroxylation is 2. The van der Waals surface area contributed by atoms with Gasteiger partial charge < -0.3 is 20.1 Å². The number of fused-ring (bicyclic) bond motifs is 1. The molecule has 0 fully saturated rings. The Balaban J connectivity index is 0.00000341. The number of hydrogen-bond donors (Lipinski definition) is 2. The highest BCUT2D eigenvalue weighted by molar-refractivity contribution is 14.0. The van der Waals surface area contributed by atoms with Crippen LogP contribution in [0.2, 0.25) is 0 Å². The lowest BCUT2D eigenvalue weighted by Crippen LogP contribution is -2.37. The molecule has 0 aliphatic carbocycles. The number of aliphatic imine (C=N–C) groups is 1. The van der Waals surface area contributed by atoms with E-state index in [2.05, 4.69) is 48.7 Å². The van der Waals surface area contributed by atoms with Crippen LogP contribution in [0.4, 0.5) is 5.82 Å². The van der Waals surface area contributed by atoms with Crippen molar-refractivity contribution in [3.63, 3.8) is 0 Å². The van der Waals surface area contributed by atoms with E-state index < -0.39 is 0 Å². The Labute approximate surface area is 201 Å². The highest BCUT2D eigenvalue weighted by atomic mass is 127. The van der Waals surface area contributed by atoms with Gasteiger partial charge in [-0.3, -0.25) is 0 Å². The summed E-state index contributed by atoms with van der Waals surface area (Å²) in [7, 11) is 4.01. The SMILES string of the molecule is CCNC(=NCc1cc(N(C)C)nc2ccccc12)NCc1c(CC)noc1CC.I. The molecule has 0 aliphatic rings. The predicted octanol–water partition coefficient (Wildman–Crippen LogP) is 4.29. The summed E-state index contributed by atoms with van der Waals surface area (Å²) in [6.45, 7) is 8.23. The second-order valence-corrected chi connectivity index (χ2v) is 7.34. The Kier molecular flexibility index (Phi) is 9.54. The monoisotopic (exact) mass is 536 g/mol. The van der Waals surface area contributed by atoms with Crippen LogP contribution >= 0.6 is 24.0 Å². The molecule has 3 aromatic rings. The zero-order valence-corrected chi connectivity index (χ0v) is 21.4. The summed E-state index contributed by atoms with van der Waals surface area (Å²) in [4.78, 5) is 11.6. The van der Waals surface area contributed by atoms with Crippen LogP contribution in [0, 0.1) is 0 Å². The van der Waals surface area contributed by atoms with Crippen LogP contribution in [-0.2, 0) is 25.9 Å². The number of nitrogens with one attached hydrogen (secondary N) is 2. The molecular weight excluding hydrogens is 503 g/mol. The molecule has 2 N–H and O–H groups in total. The lowest BCUT2D eigenvalue weighted by molar-refractivity contribution is 0.380. The first-order chi connectivity index (χ1) is 14.6. The molecule has 0 bridgehead atoms. The minimum absolute atomic E-state index is 0. The molecule has 0 atom stereocenters. The van der Waals surface area contributed by atoms with Crippen molar-refractivity contribution in [3.05, 3.63) is 52.9 Å². The van der Waals surface area contributed by atoms with Gasteiger partial charge in [0.2, 0.25) is 0 Å². The van der Waals surface area contributed by atoms with E-state index in [4.69, 9.17) is 14.5 Å². The number of benzene rings is 1. The van der Waals surface area contributed by atoms with Crippen molar-refractivity contribution in [2.75, 3.05) is 25.5 Å². The van der Waals surface area contributed by atoms with Crippen molar-refractivity contribution in [3.8, 4) is 0 Å². The molecule has 0 aliphatic heterocycles. The van der Waals surface area contributed by atoms with Gasteiger partial charge in [-0.05, 0) is 31.0 Å². The molecular formula is C23H33IN6O. The molecule has 1 aromatic carbocycles. The molecule has 2 heterocycles. The maximum absolute atomic E-state index is 5.48. The second-order valence-electron chi connectivity index (χ2n) is 7.34. The number of nitrogens with zero attached hydrogens (tertiary/aromatic N) is 4. The fourth-order valence-electron chi connectivity index (χ4n) is 3.41. The van der Waals surface area contributed by atoms with Crippen molar-refractivity contribution in [1.82, 2.24) is 20.8 Å². The van der Waals surface area contributed by atoms with Crippen LogP contribution in [0.5, 0.6) is 0 Å². The Morgan fingerprint density at radius 1 is 1.10 bits per heavy atom. The molecule has 0 spiro atoms. The van der Waals surface area contributed by atoms with Crippen molar-refractivity contribution in [2.24, 2.45) is 4.99 Å². The van der Waals surface area contributed by atoms with Crippen molar-refractivity contribution < 1.29 is 4.52 Å². The number of anilines is 1. The van der Waals surface area contributed by atoms with Gasteiger partial charge in [0.25, 0.3) is 0 Å². The van der Waals surface area contributed by atoms with E-state index in [1.165, 1.54) is 0 Å². The lowest BCUT2D eigenvalue weighted by Gasteiger charge is -2.15.